The molecule has 0 aliphatic carbocycles. The van der Waals surface area contributed by atoms with E-state index in [0.717, 1.165) is 11.3 Å². The molecule has 2 aromatic carbocycles. The van der Waals surface area contributed by atoms with Gasteiger partial charge in [-0.15, -0.1) is 0 Å². The van der Waals surface area contributed by atoms with E-state index in [4.69, 9.17) is 0 Å². The van der Waals surface area contributed by atoms with Crippen LogP contribution in [0.3, 0.4) is 0 Å². The van der Waals surface area contributed by atoms with E-state index in [1.807, 2.05) is 43.3 Å². The molecule has 0 saturated carbocycles. The highest BCUT2D eigenvalue weighted by Crippen LogP contribution is 2.19. The monoisotopic (exact) mass is 373 g/mol. The third kappa shape index (κ3) is 6.51. The van der Waals surface area contributed by atoms with Gasteiger partial charge in [0.2, 0.25) is 0 Å². The number of benzene rings is 2. The molecular formula is C21H18F3NO2. The van der Waals surface area contributed by atoms with Crippen LogP contribution in [-0.4, -0.2) is 19.9 Å². The summed E-state index contributed by atoms with van der Waals surface area (Å²) in [6, 6.07) is 11.5. The lowest BCUT2D eigenvalue weighted by Gasteiger charge is -2.11. The Morgan fingerprint density at radius 2 is 1.33 bits per heavy atom. The number of halogens is 3. The maximum absolute atomic E-state index is 12.7. The van der Waals surface area contributed by atoms with Crippen LogP contribution >= 0.6 is 0 Å². The second-order valence-corrected chi connectivity index (χ2v) is 5.76. The van der Waals surface area contributed by atoms with E-state index in [0.29, 0.717) is 5.56 Å². The Bertz CT molecular complexity index is 863. The third-order valence-corrected chi connectivity index (χ3v) is 3.53. The Morgan fingerprint density at radius 3 is 1.78 bits per heavy atom. The van der Waals surface area contributed by atoms with Crippen molar-refractivity contribution >= 4 is 23.6 Å². The molecule has 140 valence electrons. The zero-order chi connectivity index (χ0) is 19.8. The standard InChI is InChI=1S/C21H18F3NO2/c1-25(2)17-9-3-15(4-10-17)5-11-18(26)12-6-16-7-13-19(14-8-16)27-21(24)20(22)23/h3-14H,1-2H3. The summed E-state index contributed by atoms with van der Waals surface area (Å²) in [7, 11) is 3.90. The van der Waals surface area contributed by atoms with Crippen molar-refractivity contribution in [2.75, 3.05) is 19.0 Å². The second-order valence-electron chi connectivity index (χ2n) is 5.76. The molecule has 0 atom stereocenters. The molecule has 0 amide bonds. The van der Waals surface area contributed by atoms with Crippen LogP contribution in [0.1, 0.15) is 11.1 Å². The Kier molecular flexibility index (Phi) is 7.00. The molecule has 0 heterocycles. The fourth-order valence-electron chi connectivity index (χ4n) is 2.08. The molecule has 0 saturated heterocycles. The molecule has 2 aromatic rings. The average Bonchev–Trinajstić information content (AvgIpc) is 2.66. The van der Waals surface area contributed by atoms with Gasteiger partial charge in [0, 0.05) is 19.8 Å². The zero-order valence-corrected chi connectivity index (χ0v) is 14.8. The number of hydrogen-bond donors (Lipinski definition) is 0. The van der Waals surface area contributed by atoms with Gasteiger partial charge in [-0.3, -0.25) is 4.79 Å². The second kappa shape index (κ2) is 9.43. The van der Waals surface area contributed by atoms with Gasteiger partial charge in [0.25, 0.3) is 0 Å². The number of anilines is 1. The Balaban J connectivity index is 1.94. The van der Waals surface area contributed by atoms with Crippen LogP contribution in [0.25, 0.3) is 12.2 Å². The highest BCUT2D eigenvalue weighted by molar-refractivity contribution is 6.04. The number of rotatable bonds is 7. The average molecular weight is 373 g/mol. The summed E-state index contributed by atoms with van der Waals surface area (Å²) >= 11 is 0. The van der Waals surface area contributed by atoms with E-state index in [-0.39, 0.29) is 11.5 Å². The van der Waals surface area contributed by atoms with Crippen LogP contribution in [0.4, 0.5) is 18.9 Å². The van der Waals surface area contributed by atoms with Crippen LogP contribution in [0.2, 0.25) is 0 Å². The largest absolute Gasteiger partial charge is 0.428 e. The summed E-state index contributed by atoms with van der Waals surface area (Å²) < 4.78 is 41.0. The smallest absolute Gasteiger partial charge is 0.344 e. The van der Waals surface area contributed by atoms with Gasteiger partial charge >= 0.3 is 12.1 Å². The molecule has 6 heteroatoms. The van der Waals surface area contributed by atoms with Gasteiger partial charge in [-0.2, -0.15) is 13.2 Å². The molecule has 0 spiro atoms. The van der Waals surface area contributed by atoms with Crippen LogP contribution < -0.4 is 9.64 Å². The van der Waals surface area contributed by atoms with E-state index < -0.39 is 12.1 Å². The van der Waals surface area contributed by atoms with Crippen LogP contribution in [0.5, 0.6) is 5.75 Å². The molecule has 0 fully saturated rings. The minimum Gasteiger partial charge on any atom is -0.428 e. The van der Waals surface area contributed by atoms with Crippen molar-refractivity contribution in [2.45, 2.75) is 0 Å². The lowest BCUT2D eigenvalue weighted by molar-refractivity contribution is -0.110. The summed E-state index contributed by atoms with van der Waals surface area (Å²) in [5.41, 5.74) is 2.61. The van der Waals surface area contributed by atoms with Crippen molar-refractivity contribution in [3.8, 4) is 5.75 Å². The number of allylic oxidation sites excluding steroid dienone is 2. The Labute approximate surface area is 155 Å². The SMILES string of the molecule is CN(C)c1ccc(C=CC(=O)C=Cc2ccc(OC(F)=C(F)F)cc2)cc1. The van der Waals surface area contributed by atoms with Crippen LogP contribution in [-0.2, 0) is 4.79 Å². The summed E-state index contributed by atoms with van der Waals surface area (Å²) in [6.45, 7) is 0. The lowest BCUT2D eigenvalue weighted by Crippen LogP contribution is -2.07. The van der Waals surface area contributed by atoms with Crippen molar-refractivity contribution in [2.24, 2.45) is 0 Å². The summed E-state index contributed by atoms with van der Waals surface area (Å²) in [4.78, 5) is 13.9. The van der Waals surface area contributed by atoms with Crippen molar-refractivity contribution in [3.05, 3.63) is 83.9 Å². The maximum atomic E-state index is 12.7. The molecule has 0 N–H and O–H groups in total. The molecule has 3 nitrogen and oxygen atoms in total. The van der Waals surface area contributed by atoms with Gasteiger partial charge in [-0.05, 0) is 47.5 Å². The number of carbonyl (C=O) groups excluding carboxylic acids is 1. The molecule has 0 aliphatic heterocycles. The predicted molar refractivity (Wildman–Crippen MR) is 101 cm³/mol. The van der Waals surface area contributed by atoms with Gasteiger partial charge in [-0.1, -0.05) is 36.4 Å². The summed E-state index contributed by atoms with van der Waals surface area (Å²) in [5, 5.41) is 0. The number of ketones is 1. The first-order chi connectivity index (χ1) is 12.8. The summed E-state index contributed by atoms with van der Waals surface area (Å²) in [5.74, 6) is -0.273. The lowest BCUT2D eigenvalue weighted by atomic mass is 10.1. The van der Waals surface area contributed by atoms with E-state index >= 15 is 0 Å². The van der Waals surface area contributed by atoms with Crippen molar-refractivity contribution in [3.63, 3.8) is 0 Å². The molecular weight excluding hydrogens is 355 g/mol. The number of nitrogens with zero attached hydrogens (tertiary/aromatic N) is 1. The molecule has 2 rings (SSSR count). The third-order valence-electron chi connectivity index (χ3n) is 3.53. The fourth-order valence-corrected chi connectivity index (χ4v) is 2.08. The van der Waals surface area contributed by atoms with Gasteiger partial charge in [0.1, 0.15) is 5.75 Å². The first kappa shape index (κ1) is 20.0. The van der Waals surface area contributed by atoms with E-state index in [1.165, 1.54) is 36.4 Å². The highest BCUT2D eigenvalue weighted by atomic mass is 19.3. The number of ether oxygens (including phenoxy) is 1. The van der Waals surface area contributed by atoms with Crippen LogP contribution in [0.15, 0.2) is 72.8 Å². The molecule has 0 aromatic heterocycles. The topological polar surface area (TPSA) is 29.5 Å². The maximum Gasteiger partial charge on any atom is 0.344 e. The van der Waals surface area contributed by atoms with Gasteiger partial charge in [0.15, 0.2) is 5.78 Å². The molecule has 0 unspecified atom stereocenters. The van der Waals surface area contributed by atoms with E-state index in [9.17, 15) is 18.0 Å². The first-order valence-electron chi connectivity index (χ1n) is 8.01. The van der Waals surface area contributed by atoms with E-state index in [1.54, 1.807) is 12.2 Å². The normalized spacial score (nSPS) is 11.0. The molecule has 0 radical (unpaired) electrons. The predicted octanol–water partition coefficient (Wildman–Crippen LogP) is 5.46. The molecule has 0 aliphatic rings. The van der Waals surface area contributed by atoms with Crippen LogP contribution in [0, 0.1) is 0 Å². The molecule has 0 bridgehead atoms. The number of carbonyl (C=O) groups is 1. The van der Waals surface area contributed by atoms with Crippen molar-refractivity contribution in [1.82, 2.24) is 0 Å². The highest BCUT2D eigenvalue weighted by Gasteiger charge is 2.07. The van der Waals surface area contributed by atoms with E-state index in [2.05, 4.69) is 4.74 Å². The number of hydrogen-bond acceptors (Lipinski definition) is 3. The Hall–Kier alpha value is -3.28. The van der Waals surface area contributed by atoms with Gasteiger partial charge in [0.05, 0.1) is 0 Å². The van der Waals surface area contributed by atoms with Gasteiger partial charge < -0.3 is 9.64 Å². The fraction of sp³-hybridized carbons (Fsp3) is 0.0952. The minimum atomic E-state index is -2.52. The zero-order valence-electron chi connectivity index (χ0n) is 14.8. The van der Waals surface area contributed by atoms with Crippen molar-refractivity contribution < 1.29 is 22.7 Å². The quantitative estimate of drug-likeness (QED) is 0.477. The molecule has 27 heavy (non-hydrogen) atoms. The first-order valence-corrected chi connectivity index (χ1v) is 8.01. The minimum absolute atomic E-state index is 0.0650. The van der Waals surface area contributed by atoms with Crippen molar-refractivity contribution in [1.29, 1.82) is 0 Å². The Morgan fingerprint density at radius 1 is 0.852 bits per heavy atom. The van der Waals surface area contributed by atoms with Gasteiger partial charge in [-0.25, -0.2) is 0 Å². The summed E-state index contributed by atoms with van der Waals surface area (Å²) in [6.07, 6.45) is 3.58.